The van der Waals surface area contributed by atoms with Gasteiger partial charge in [-0.05, 0) is 42.2 Å². The van der Waals surface area contributed by atoms with Crippen LogP contribution in [-0.2, 0) is 13.1 Å². The van der Waals surface area contributed by atoms with Gasteiger partial charge in [0.15, 0.2) is 17.2 Å². The molecule has 0 spiro atoms. The van der Waals surface area contributed by atoms with Gasteiger partial charge in [0.25, 0.3) is 0 Å². The maximum absolute atomic E-state index is 5.47. The number of nitrogens with zero attached hydrogens (tertiary/aromatic N) is 3. The molecule has 0 bridgehead atoms. The topological polar surface area (TPSA) is 51.5 Å². The number of aromatic nitrogens is 3. The van der Waals surface area contributed by atoms with Crippen LogP contribution < -0.4 is 10.1 Å². The standard InChI is InChI=1S/C18H18N4O/c1-23-16-7-6-15(12-4-5-13-9-19-10-14(13)8-12)22-18(16)20-17(21-22)11-2-3-11/h4-8,11,19H,2-3,9-10H2,1H3. The van der Waals surface area contributed by atoms with Crippen LogP contribution in [0.2, 0.25) is 0 Å². The molecule has 0 saturated heterocycles. The molecule has 1 N–H and O–H groups in total. The summed E-state index contributed by atoms with van der Waals surface area (Å²) in [6.07, 6.45) is 2.39. The van der Waals surface area contributed by atoms with Crippen LogP contribution in [0, 0.1) is 0 Å². The lowest BCUT2D eigenvalue weighted by molar-refractivity contribution is 0.416. The Balaban J connectivity index is 1.71. The van der Waals surface area contributed by atoms with Crippen LogP contribution in [-0.4, -0.2) is 21.7 Å². The van der Waals surface area contributed by atoms with E-state index in [-0.39, 0.29) is 0 Å². The average Bonchev–Trinajstić information content (AvgIpc) is 3.16. The highest BCUT2D eigenvalue weighted by atomic mass is 16.5. The predicted octanol–water partition coefficient (Wildman–Crippen LogP) is 2.89. The molecule has 23 heavy (non-hydrogen) atoms. The summed E-state index contributed by atoms with van der Waals surface area (Å²) in [6.45, 7) is 1.90. The Morgan fingerprint density at radius 2 is 2.00 bits per heavy atom. The van der Waals surface area contributed by atoms with Crippen molar-refractivity contribution in [3.05, 3.63) is 47.3 Å². The Labute approximate surface area is 134 Å². The molecule has 0 amide bonds. The molecule has 3 aromatic rings. The van der Waals surface area contributed by atoms with Gasteiger partial charge < -0.3 is 10.1 Å². The van der Waals surface area contributed by atoms with Crippen molar-refractivity contribution in [1.29, 1.82) is 0 Å². The second-order valence-electron chi connectivity index (χ2n) is 6.35. The van der Waals surface area contributed by atoms with Gasteiger partial charge >= 0.3 is 0 Å². The van der Waals surface area contributed by atoms with Gasteiger partial charge in [-0.1, -0.05) is 12.1 Å². The monoisotopic (exact) mass is 306 g/mol. The van der Waals surface area contributed by atoms with Crippen LogP contribution in [0.15, 0.2) is 30.3 Å². The van der Waals surface area contributed by atoms with Crippen molar-refractivity contribution in [2.24, 2.45) is 0 Å². The van der Waals surface area contributed by atoms with Gasteiger partial charge in [0, 0.05) is 24.6 Å². The number of fused-ring (bicyclic) bond motifs is 2. The summed E-state index contributed by atoms with van der Waals surface area (Å²) in [5.74, 6) is 2.24. The summed E-state index contributed by atoms with van der Waals surface area (Å²) in [6, 6.07) is 10.7. The highest BCUT2D eigenvalue weighted by molar-refractivity contribution is 5.68. The molecule has 3 heterocycles. The van der Waals surface area contributed by atoms with Crippen LogP contribution in [0.3, 0.4) is 0 Å². The van der Waals surface area contributed by atoms with Gasteiger partial charge in [0.05, 0.1) is 12.8 Å². The molecule has 5 heteroatoms. The van der Waals surface area contributed by atoms with Crippen LogP contribution in [0.5, 0.6) is 5.75 Å². The molecule has 0 atom stereocenters. The molecule has 2 aromatic heterocycles. The van der Waals surface area contributed by atoms with Crippen molar-refractivity contribution in [3.8, 4) is 17.0 Å². The third-order valence-electron chi connectivity index (χ3n) is 4.76. The average molecular weight is 306 g/mol. The van der Waals surface area contributed by atoms with E-state index in [2.05, 4.69) is 29.6 Å². The molecule has 1 aromatic carbocycles. The molecule has 2 aliphatic rings. The number of hydrogen-bond acceptors (Lipinski definition) is 4. The number of pyridine rings is 1. The summed E-state index contributed by atoms with van der Waals surface area (Å²) < 4.78 is 7.41. The van der Waals surface area contributed by atoms with Crippen LogP contribution in [0.1, 0.15) is 35.7 Å². The van der Waals surface area contributed by atoms with Crippen LogP contribution >= 0.6 is 0 Å². The Morgan fingerprint density at radius 1 is 1.13 bits per heavy atom. The molecule has 1 fully saturated rings. The van der Waals surface area contributed by atoms with Crippen molar-refractivity contribution in [1.82, 2.24) is 19.9 Å². The largest absolute Gasteiger partial charge is 0.493 e. The first-order valence-electron chi connectivity index (χ1n) is 8.10. The van der Waals surface area contributed by atoms with E-state index in [9.17, 15) is 0 Å². The lowest BCUT2D eigenvalue weighted by Crippen LogP contribution is -2.00. The third kappa shape index (κ3) is 2.04. The van der Waals surface area contributed by atoms with Gasteiger partial charge in [-0.25, -0.2) is 9.50 Å². The molecule has 1 aliphatic carbocycles. The zero-order valence-electron chi connectivity index (χ0n) is 13.0. The van der Waals surface area contributed by atoms with E-state index < -0.39 is 0 Å². The van der Waals surface area contributed by atoms with Gasteiger partial charge in [0.1, 0.15) is 0 Å². The molecule has 5 nitrogen and oxygen atoms in total. The molecule has 1 aliphatic heterocycles. The third-order valence-corrected chi connectivity index (χ3v) is 4.76. The van der Waals surface area contributed by atoms with E-state index in [1.165, 1.54) is 29.5 Å². The van der Waals surface area contributed by atoms with Crippen LogP contribution in [0.4, 0.5) is 0 Å². The fraction of sp³-hybridized carbons (Fsp3) is 0.333. The summed E-state index contributed by atoms with van der Waals surface area (Å²) >= 11 is 0. The number of ether oxygens (including phenoxy) is 1. The smallest absolute Gasteiger partial charge is 0.198 e. The molecule has 0 unspecified atom stereocenters. The zero-order chi connectivity index (χ0) is 15.4. The van der Waals surface area contributed by atoms with Gasteiger partial charge in [-0.15, -0.1) is 0 Å². The first-order chi connectivity index (χ1) is 11.3. The molecule has 5 rings (SSSR count). The van der Waals surface area contributed by atoms with E-state index in [4.69, 9.17) is 14.8 Å². The molecule has 116 valence electrons. The van der Waals surface area contributed by atoms with E-state index in [0.717, 1.165) is 36.0 Å². The zero-order valence-corrected chi connectivity index (χ0v) is 13.0. The highest BCUT2D eigenvalue weighted by Gasteiger charge is 2.29. The summed E-state index contributed by atoms with van der Waals surface area (Å²) in [4.78, 5) is 4.72. The number of nitrogens with one attached hydrogen (secondary N) is 1. The summed E-state index contributed by atoms with van der Waals surface area (Å²) in [5, 5.41) is 8.16. The van der Waals surface area contributed by atoms with Crippen molar-refractivity contribution in [2.45, 2.75) is 31.8 Å². The first kappa shape index (κ1) is 13.1. The number of benzene rings is 1. The number of methoxy groups -OCH3 is 1. The molecular weight excluding hydrogens is 288 g/mol. The van der Waals surface area contributed by atoms with E-state index in [0.29, 0.717) is 5.92 Å². The Morgan fingerprint density at radius 3 is 2.83 bits per heavy atom. The molecule has 0 radical (unpaired) electrons. The maximum atomic E-state index is 5.47. The first-order valence-corrected chi connectivity index (χ1v) is 8.10. The Bertz CT molecular complexity index is 911. The fourth-order valence-corrected chi connectivity index (χ4v) is 3.30. The van der Waals surface area contributed by atoms with Crippen molar-refractivity contribution >= 4 is 5.65 Å². The maximum Gasteiger partial charge on any atom is 0.198 e. The second-order valence-corrected chi connectivity index (χ2v) is 6.35. The molecule has 1 saturated carbocycles. The normalized spacial score (nSPS) is 16.7. The minimum Gasteiger partial charge on any atom is -0.493 e. The van der Waals surface area contributed by atoms with Crippen molar-refractivity contribution in [3.63, 3.8) is 0 Å². The second kappa shape index (κ2) is 4.80. The lowest BCUT2D eigenvalue weighted by atomic mass is 10.0. The van der Waals surface area contributed by atoms with Crippen LogP contribution in [0.25, 0.3) is 16.9 Å². The summed E-state index contributed by atoms with van der Waals surface area (Å²) in [5.41, 5.74) is 5.80. The number of rotatable bonds is 3. The van der Waals surface area contributed by atoms with E-state index >= 15 is 0 Å². The van der Waals surface area contributed by atoms with E-state index in [1.807, 2.05) is 10.6 Å². The predicted molar refractivity (Wildman–Crippen MR) is 87.5 cm³/mol. The van der Waals surface area contributed by atoms with Gasteiger partial charge in [-0.3, -0.25) is 0 Å². The molecular formula is C18H18N4O. The Hall–Kier alpha value is -2.40. The number of hydrogen-bond donors (Lipinski definition) is 1. The van der Waals surface area contributed by atoms with Crippen molar-refractivity contribution in [2.75, 3.05) is 7.11 Å². The van der Waals surface area contributed by atoms with Gasteiger partial charge in [-0.2, -0.15) is 5.10 Å². The minimum atomic E-state index is 0.525. The minimum absolute atomic E-state index is 0.525. The SMILES string of the molecule is COc1ccc(-c2ccc3c(c2)CNC3)n2nc(C3CC3)nc12. The lowest BCUT2D eigenvalue weighted by Gasteiger charge is -2.09. The highest BCUT2D eigenvalue weighted by Crippen LogP contribution is 2.39. The fourth-order valence-electron chi connectivity index (χ4n) is 3.30. The summed E-state index contributed by atoms with van der Waals surface area (Å²) in [7, 11) is 1.68. The van der Waals surface area contributed by atoms with Gasteiger partial charge in [0.2, 0.25) is 0 Å². The van der Waals surface area contributed by atoms with Crippen molar-refractivity contribution < 1.29 is 4.74 Å². The quantitative estimate of drug-likeness (QED) is 0.808. The Kier molecular flexibility index (Phi) is 2.73. The van der Waals surface area contributed by atoms with E-state index in [1.54, 1.807) is 7.11 Å².